The number of hydrogen-bond acceptors (Lipinski definition) is 7. The summed E-state index contributed by atoms with van der Waals surface area (Å²) in [6, 6.07) is 10.1. The maximum absolute atomic E-state index is 11.6. The van der Waals surface area contributed by atoms with Crippen LogP contribution in [0, 0.1) is 11.8 Å². The largest absolute Gasteiger partial charge is 0.457 e. The molecule has 0 aromatic heterocycles. The van der Waals surface area contributed by atoms with Crippen molar-refractivity contribution < 1.29 is 35.1 Å². The van der Waals surface area contributed by atoms with Gasteiger partial charge in [0.05, 0.1) is 31.5 Å². The fourth-order valence-electron chi connectivity index (χ4n) is 4.53. The van der Waals surface area contributed by atoms with E-state index in [9.17, 15) is 20.1 Å². The Bertz CT molecular complexity index is 689. The van der Waals surface area contributed by atoms with E-state index < -0.39 is 43.6 Å². The Kier molecular flexibility index (Phi) is 12.6. The van der Waals surface area contributed by atoms with Crippen molar-refractivity contribution in [3.05, 3.63) is 48.0 Å². The number of aryl methyl sites for hydroxylation is 1. The zero-order valence-electron chi connectivity index (χ0n) is 19.3. The summed E-state index contributed by atoms with van der Waals surface area (Å²) in [4.78, 5) is 11.6. The third-order valence-corrected chi connectivity index (χ3v) is 6.50. The molecule has 0 heterocycles. The van der Waals surface area contributed by atoms with Gasteiger partial charge >= 0.3 is 5.97 Å². The van der Waals surface area contributed by atoms with Crippen LogP contribution in [0.2, 0.25) is 0 Å². The molecular formula is C26H40O7. The van der Waals surface area contributed by atoms with Crippen LogP contribution in [0.15, 0.2) is 42.5 Å². The van der Waals surface area contributed by atoms with Crippen LogP contribution in [0.25, 0.3) is 0 Å². The second kappa shape index (κ2) is 15.2. The van der Waals surface area contributed by atoms with E-state index >= 15 is 0 Å². The standard InChI is InChI=1S/C26H40O7/c27-17-21(18-28)33-26(32)11-7-2-1-6-10-22-23(25(31)16-24(22)30)15-14-20(29)13-12-19-8-4-3-5-9-19/h1,3-6,8-9,20-25,27-31H,2,7,10-18H2/b6-1+/t20-,22+,23+,24-,25+/m0/s1. The molecular weight excluding hydrogens is 424 g/mol. The van der Waals surface area contributed by atoms with Crippen LogP contribution in [0.1, 0.15) is 56.9 Å². The van der Waals surface area contributed by atoms with E-state index in [1.54, 1.807) is 0 Å². The number of allylic oxidation sites excluding steroid dienone is 2. The minimum atomic E-state index is -0.864. The number of ether oxygens (including phenoxy) is 1. The maximum atomic E-state index is 11.6. The second-order valence-electron chi connectivity index (χ2n) is 9.03. The minimum absolute atomic E-state index is 0.0418. The van der Waals surface area contributed by atoms with Crippen LogP contribution in [0.5, 0.6) is 0 Å². The van der Waals surface area contributed by atoms with Crippen molar-refractivity contribution in [2.45, 2.75) is 82.2 Å². The Balaban J connectivity index is 1.69. The molecule has 33 heavy (non-hydrogen) atoms. The van der Waals surface area contributed by atoms with Crippen molar-refractivity contribution in [2.75, 3.05) is 13.2 Å². The molecule has 1 aliphatic rings. The van der Waals surface area contributed by atoms with Gasteiger partial charge in [0, 0.05) is 6.42 Å². The third kappa shape index (κ3) is 9.94. The number of aliphatic hydroxyl groups excluding tert-OH is 5. The van der Waals surface area contributed by atoms with Gasteiger partial charge in [-0.3, -0.25) is 4.79 Å². The van der Waals surface area contributed by atoms with Gasteiger partial charge in [-0.2, -0.15) is 0 Å². The highest BCUT2D eigenvalue weighted by molar-refractivity contribution is 5.69. The highest BCUT2D eigenvalue weighted by Crippen LogP contribution is 2.38. The number of carbonyl (C=O) groups is 1. The molecule has 2 rings (SSSR count). The molecule has 1 aliphatic carbocycles. The number of rotatable bonds is 15. The summed E-state index contributed by atoms with van der Waals surface area (Å²) in [6.07, 6.45) is 6.80. The summed E-state index contributed by atoms with van der Waals surface area (Å²) >= 11 is 0. The zero-order valence-corrected chi connectivity index (χ0v) is 19.3. The van der Waals surface area contributed by atoms with E-state index in [0.717, 1.165) is 6.42 Å². The summed E-state index contributed by atoms with van der Waals surface area (Å²) in [5.41, 5.74) is 1.20. The number of hydrogen-bond donors (Lipinski definition) is 5. The molecule has 0 spiro atoms. The first-order chi connectivity index (χ1) is 15.9. The second-order valence-corrected chi connectivity index (χ2v) is 9.03. The van der Waals surface area contributed by atoms with Gasteiger partial charge in [-0.05, 0) is 68.8 Å². The first-order valence-corrected chi connectivity index (χ1v) is 12.1. The van der Waals surface area contributed by atoms with E-state index in [1.807, 2.05) is 30.4 Å². The normalized spacial score (nSPS) is 23.9. The lowest BCUT2D eigenvalue weighted by Crippen LogP contribution is -2.25. The summed E-state index contributed by atoms with van der Waals surface area (Å²) in [5.74, 6) is -0.533. The van der Waals surface area contributed by atoms with E-state index in [2.05, 4.69) is 12.1 Å². The number of unbranched alkanes of at least 4 members (excludes halogenated alkanes) is 1. The Hall–Kier alpha value is -1.77. The Labute approximate surface area is 196 Å². The molecule has 5 atom stereocenters. The van der Waals surface area contributed by atoms with E-state index in [0.29, 0.717) is 44.9 Å². The molecule has 1 saturated carbocycles. The number of aliphatic hydroxyl groups is 5. The van der Waals surface area contributed by atoms with Gasteiger partial charge in [0.2, 0.25) is 0 Å². The first-order valence-electron chi connectivity index (χ1n) is 12.1. The molecule has 7 heteroatoms. The van der Waals surface area contributed by atoms with Gasteiger partial charge in [0.1, 0.15) is 6.10 Å². The molecule has 1 aromatic rings. The molecule has 5 N–H and O–H groups in total. The number of carbonyl (C=O) groups excluding carboxylic acids is 1. The van der Waals surface area contributed by atoms with Crippen LogP contribution in [0.3, 0.4) is 0 Å². The summed E-state index contributed by atoms with van der Waals surface area (Å²) in [7, 11) is 0. The SMILES string of the molecule is O=C(CCC/C=C/C[C@@H]1[C@@H](CC[C@@H](O)CCc2ccccc2)[C@H](O)C[C@@H]1O)OC(CO)CO. The van der Waals surface area contributed by atoms with Crippen LogP contribution in [0.4, 0.5) is 0 Å². The molecule has 7 nitrogen and oxygen atoms in total. The lowest BCUT2D eigenvalue weighted by molar-refractivity contribution is -0.153. The Morgan fingerprint density at radius 2 is 1.73 bits per heavy atom. The van der Waals surface area contributed by atoms with Gasteiger partial charge < -0.3 is 30.3 Å². The van der Waals surface area contributed by atoms with Crippen molar-refractivity contribution in [2.24, 2.45) is 11.8 Å². The fourth-order valence-corrected chi connectivity index (χ4v) is 4.53. The van der Waals surface area contributed by atoms with Gasteiger partial charge in [-0.15, -0.1) is 0 Å². The quantitative estimate of drug-likeness (QED) is 0.153. The van der Waals surface area contributed by atoms with E-state index in [1.165, 1.54) is 5.56 Å². The minimum Gasteiger partial charge on any atom is -0.457 e. The number of esters is 1. The fraction of sp³-hybridized carbons (Fsp3) is 0.654. The molecule has 0 bridgehead atoms. The van der Waals surface area contributed by atoms with Crippen molar-refractivity contribution in [1.82, 2.24) is 0 Å². The van der Waals surface area contributed by atoms with Crippen LogP contribution in [-0.2, 0) is 16.0 Å². The molecule has 0 radical (unpaired) electrons. The van der Waals surface area contributed by atoms with Gasteiger partial charge in [0.15, 0.2) is 0 Å². The molecule has 1 aromatic carbocycles. The van der Waals surface area contributed by atoms with Crippen molar-refractivity contribution >= 4 is 5.97 Å². The van der Waals surface area contributed by atoms with E-state index in [-0.39, 0.29) is 18.3 Å². The molecule has 0 aliphatic heterocycles. The third-order valence-electron chi connectivity index (χ3n) is 6.50. The Morgan fingerprint density at radius 1 is 1.03 bits per heavy atom. The van der Waals surface area contributed by atoms with Gasteiger partial charge in [-0.25, -0.2) is 0 Å². The molecule has 0 unspecified atom stereocenters. The Morgan fingerprint density at radius 3 is 2.42 bits per heavy atom. The average Bonchev–Trinajstić information content (AvgIpc) is 3.09. The van der Waals surface area contributed by atoms with Gasteiger partial charge in [-0.1, -0.05) is 42.5 Å². The van der Waals surface area contributed by atoms with Crippen molar-refractivity contribution in [3.8, 4) is 0 Å². The first kappa shape index (κ1) is 27.5. The monoisotopic (exact) mass is 464 g/mol. The highest BCUT2D eigenvalue weighted by atomic mass is 16.6. The zero-order chi connectivity index (χ0) is 24.1. The predicted octanol–water partition coefficient (Wildman–Crippen LogP) is 2.13. The molecule has 1 fully saturated rings. The lowest BCUT2D eigenvalue weighted by atomic mass is 9.85. The van der Waals surface area contributed by atoms with Crippen LogP contribution >= 0.6 is 0 Å². The topological polar surface area (TPSA) is 127 Å². The molecule has 0 saturated heterocycles. The van der Waals surface area contributed by atoms with Crippen LogP contribution in [-0.4, -0.2) is 69.1 Å². The lowest BCUT2D eigenvalue weighted by Gasteiger charge is -2.23. The summed E-state index contributed by atoms with van der Waals surface area (Å²) in [6.45, 7) is -0.800. The number of benzene rings is 1. The van der Waals surface area contributed by atoms with Crippen molar-refractivity contribution in [3.63, 3.8) is 0 Å². The molecule has 0 amide bonds. The summed E-state index contributed by atoms with van der Waals surface area (Å²) < 4.78 is 4.92. The average molecular weight is 465 g/mol. The smallest absolute Gasteiger partial charge is 0.306 e. The predicted molar refractivity (Wildman–Crippen MR) is 125 cm³/mol. The van der Waals surface area contributed by atoms with Crippen LogP contribution < -0.4 is 0 Å². The van der Waals surface area contributed by atoms with Gasteiger partial charge in [0.25, 0.3) is 0 Å². The van der Waals surface area contributed by atoms with Crippen molar-refractivity contribution in [1.29, 1.82) is 0 Å². The highest BCUT2D eigenvalue weighted by Gasteiger charge is 2.40. The summed E-state index contributed by atoms with van der Waals surface area (Å²) in [5, 5.41) is 49.0. The maximum Gasteiger partial charge on any atom is 0.306 e. The molecule has 186 valence electrons. The van der Waals surface area contributed by atoms with E-state index in [4.69, 9.17) is 14.9 Å².